The Kier molecular flexibility index (Phi) is 6.29. The Bertz CT molecular complexity index is 356. The average molecular weight is 298 g/mol. The van der Waals surface area contributed by atoms with Crippen LogP contribution in [0.2, 0.25) is 0 Å². The monoisotopic (exact) mass is 298 g/mol. The smallest absolute Gasteiger partial charge is 0.315 e. The Morgan fingerprint density at radius 3 is 2.57 bits per heavy atom. The molecule has 3 unspecified atom stereocenters. The summed E-state index contributed by atoms with van der Waals surface area (Å²) < 4.78 is 5.61. The minimum absolute atomic E-state index is 0.248. The molecule has 2 rings (SSSR count). The SMILES string of the molecule is O=C(NCCC1CCCCO1)NC1CCCCC1C(=O)O. The number of hydrogen-bond acceptors (Lipinski definition) is 3. The van der Waals surface area contributed by atoms with Gasteiger partial charge >= 0.3 is 12.0 Å². The molecule has 0 aromatic heterocycles. The third-order valence-corrected chi connectivity index (χ3v) is 4.43. The van der Waals surface area contributed by atoms with Crippen molar-refractivity contribution < 1.29 is 19.4 Å². The van der Waals surface area contributed by atoms with Crippen molar-refractivity contribution in [3.8, 4) is 0 Å². The molecule has 0 aromatic rings. The van der Waals surface area contributed by atoms with Crippen LogP contribution < -0.4 is 10.6 Å². The van der Waals surface area contributed by atoms with E-state index in [1.807, 2.05) is 0 Å². The third kappa shape index (κ3) is 5.19. The molecule has 0 aromatic carbocycles. The fraction of sp³-hybridized carbons (Fsp3) is 0.867. The topological polar surface area (TPSA) is 87.7 Å². The lowest BCUT2D eigenvalue weighted by molar-refractivity contribution is -0.143. The zero-order valence-corrected chi connectivity index (χ0v) is 12.5. The van der Waals surface area contributed by atoms with Gasteiger partial charge in [0.25, 0.3) is 0 Å². The van der Waals surface area contributed by atoms with Crippen molar-refractivity contribution in [2.75, 3.05) is 13.2 Å². The molecule has 1 saturated heterocycles. The molecule has 0 radical (unpaired) electrons. The van der Waals surface area contributed by atoms with Crippen molar-refractivity contribution in [1.82, 2.24) is 10.6 Å². The quantitative estimate of drug-likeness (QED) is 0.723. The summed E-state index contributed by atoms with van der Waals surface area (Å²) in [4.78, 5) is 23.0. The molecule has 1 aliphatic carbocycles. The van der Waals surface area contributed by atoms with Gasteiger partial charge in [-0.1, -0.05) is 12.8 Å². The lowest BCUT2D eigenvalue weighted by atomic mass is 9.84. The van der Waals surface area contributed by atoms with Gasteiger partial charge in [0.1, 0.15) is 0 Å². The normalized spacial score (nSPS) is 29.6. The number of amides is 2. The molecule has 3 N–H and O–H groups in total. The van der Waals surface area contributed by atoms with Crippen molar-refractivity contribution in [2.24, 2.45) is 5.92 Å². The number of carboxylic acid groups (broad SMARTS) is 1. The molecular formula is C15H26N2O4. The van der Waals surface area contributed by atoms with Gasteiger partial charge in [-0.25, -0.2) is 4.79 Å². The molecule has 3 atom stereocenters. The van der Waals surface area contributed by atoms with E-state index in [1.165, 1.54) is 6.42 Å². The number of hydrogen-bond donors (Lipinski definition) is 3. The summed E-state index contributed by atoms with van der Waals surface area (Å²) in [5.74, 6) is -1.26. The number of carbonyl (C=O) groups is 2. The fourth-order valence-electron chi connectivity index (χ4n) is 3.20. The first-order valence-corrected chi connectivity index (χ1v) is 8.05. The van der Waals surface area contributed by atoms with Gasteiger partial charge < -0.3 is 20.5 Å². The molecule has 0 bridgehead atoms. The molecule has 2 fully saturated rings. The molecule has 2 amide bonds. The minimum Gasteiger partial charge on any atom is -0.481 e. The van der Waals surface area contributed by atoms with E-state index in [4.69, 9.17) is 4.74 Å². The highest BCUT2D eigenvalue weighted by Crippen LogP contribution is 2.24. The molecule has 120 valence electrons. The lowest BCUT2D eigenvalue weighted by Gasteiger charge is -2.29. The van der Waals surface area contributed by atoms with Crippen LogP contribution in [0.15, 0.2) is 0 Å². The molecule has 6 heteroatoms. The van der Waals surface area contributed by atoms with E-state index in [9.17, 15) is 14.7 Å². The van der Waals surface area contributed by atoms with Gasteiger partial charge in [0.2, 0.25) is 0 Å². The molecule has 6 nitrogen and oxygen atoms in total. The number of carboxylic acids is 1. The second-order valence-electron chi connectivity index (χ2n) is 6.01. The molecule has 2 aliphatic rings. The van der Waals surface area contributed by atoms with Gasteiger partial charge in [0.15, 0.2) is 0 Å². The Labute approximate surface area is 125 Å². The van der Waals surface area contributed by atoms with Crippen molar-refractivity contribution in [3.05, 3.63) is 0 Å². The predicted molar refractivity (Wildman–Crippen MR) is 78.1 cm³/mol. The van der Waals surface area contributed by atoms with Gasteiger partial charge in [0, 0.05) is 19.2 Å². The van der Waals surface area contributed by atoms with Gasteiger partial charge in [-0.15, -0.1) is 0 Å². The minimum atomic E-state index is -0.810. The summed E-state index contributed by atoms with van der Waals surface area (Å²) in [6.07, 6.45) is 7.75. The summed E-state index contributed by atoms with van der Waals surface area (Å²) >= 11 is 0. The van der Waals surface area contributed by atoms with E-state index in [0.717, 1.165) is 45.1 Å². The van der Waals surface area contributed by atoms with Crippen molar-refractivity contribution in [3.63, 3.8) is 0 Å². The van der Waals surface area contributed by atoms with E-state index in [0.29, 0.717) is 13.0 Å². The number of ether oxygens (including phenoxy) is 1. The zero-order chi connectivity index (χ0) is 15.1. The summed E-state index contributed by atoms with van der Waals surface area (Å²) in [5, 5.41) is 14.8. The standard InChI is InChI=1S/C15H26N2O4/c18-14(19)12-6-1-2-7-13(12)17-15(20)16-9-8-11-5-3-4-10-21-11/h11-13H,1-10H2,(H,18,19)(H2,16,17,20). The average Bonchev–Trinajstić information content (AvgIpc) is 2.48. The zero-order valence-electron chi connectivity index (χ0n) is 12.5. The maximum absolute atomic E-state index is 11.9. The van der Waals surface area contributed by atoms with E-state index in [1.54, 1.807) is 0 Å². The highest BCUT2D eigenvalue weighted by atomic mass is 16.5. The van der Waals surface area contributed by atoms with Crippen LogP contribution in [0.1, 0.15) is 51.4 Å². The number of aliphatic carboxylic acids is 1. The Balaban J connectivity index is 1.66. The maximum atomic E-state index is 11.9. The molecule has 1 aliphatic heterocycles. The first-order valence-electron chi connectivity index (χ1n) is 8.05. The fourth-order valence-corrected chi connectivity index (χ4v) is 3.20. The van der Waals surface area contributed by atoms with E-state index in [-0.39, 0.29) is 18.2 Å². The van der Waals surface area contributed by atoms with Crippen LogP contribution in [0, 0.1) is 5.92 Å². The van der Waals surface area contributed by atoms with Crippen LogP contribution in [-0.2, 0) is 9.53 Å². The van der Waals surface area contributed by atoms with Gasteiger partial charge in [-0.3, -0.25) is 4.79 Å². The predicted octanol–water partition coefficient (Wildman–Crippen LogP) is 1.89. The second kappa shape index (κ2) is 8.22. The highest BCUT2D eigenvalue weighted by Gasteiger charge is 2.31. The lowest BCUT2D eigenvalue weighted by Crippen LogP contribution is -2.49. The van der Waals surface area contributed by atoms with Gasteiger partial charge in [-0.2, -0.15) is 0 Å². The second-order valence-corrected chi connectivity index (χ2v) is 6.01. The number of nitrogens with one attached hydrogen (secondary N) is 2. The van der Waals surface area contributed by atoms with Crippen LogP contribution in [0.5, 0.6) is 0 Å². The summed E-state index contributed by atoms with van der Waals surface area (Å²) in [6.45, 7) is 1.39. The number of rotatable bonds is 5. The summed E-state index contributed by atoms with van der Waals surface area (Å²) in [7, 11) is 0. The number of urea groups is 1. The van der Waals surface area contributed by atoms with Gasteiger partial charge in [-0.05, 0) is 38.5 Å². The van der Waals surface area contributed by atoms with Gasteiger partial charge in [0.05, 0.1) is 12.0 Å². The van der Waals surface area contributed by atoms with E-state index in [2.05, 4.69) is 10.6 Å². The van der Waals surface area contributed by atoms with E-state index >= 15 is 0 Å². The Morgan fingerprint density at radius 1 is 1.10 bits per heavy atom. The Morgan fingerprint density at radius 2 is 1.86 bits per heavy atom. The molecule has 1 saturated carbocycles. The summed E-state index contributed by atoms with van der Waals surface area (Å²) in [6, 6.07) is -0.508. The highest BCUT2D eigenvalue weighted by molar-refractivity contribution is 5.76. The largest absolute Gasteiger partial charge is 0.481 e. The van der Waals surface area contributed by atoms with Crippen LogP contribution in [-0.4, -0.2) is 42.4 Å². The molecular weight excluding hydrogens is 272 g/mol. The molecule has 21 heavy (non-hydrogen) atoms. The van der Waals surface area contributed by atoms with Crippen LogP contribution in [0.25, 0.3) is 0 Å². The Hall–Kier alpha value is -1.30. The van der Waals surface area contributed by atoms with Crippen LogP contribution in [0.3, 0.4) is 0 Å². The van der Waals surface area contributed by atoms with Crippen molar-refractivity contribution in [2.45, 2.75) is 63.5 Å². The summed E-state index contributed by atoms with van der Waals surface area (Å²) in [5.41, 5.74) is 0. The molecule has 0 spiro atoms. The van der Waals surface area contributed by atoms with Crippen molar-refractivity contribution in [1.29, 1.82) is 0 Å². The van der Waals surface area contributed by atoms with Crippen LogP contribution in [0.4, 0.5) is 4.79 Å². The first kappa shape index (κ1) is 16.1. The van der Waals surface area contributed by atoms with Crippen molar-refractivity contribution >= 4 is 12.0 Å². The maximum Gasteiger partial charge on any atom is 0.315 e. The molecule has 1 heterocycles. The number of carbonyl (C=O) groups excluding carboxylic acids is 1. The van der Waals surface area contributed by atoms with Crippen LogP contribution >= 0.6 is 0 Å². The third-order valence-electron chi connectivity index (χ3n) is 4.43. The first-order chi connectivity index (χ1) is 10.2. The van der Waals surface area contributed by atoms with E-state index < -0.39 is 11.9 Å².